The molecule has 2 rings (SSSR count). The molecule has 86 valence electrons. The smallest absolute Gasteiger partial charge is 0.240 e. The third kappa shape index (κ3) is 2.42. The Morgan fingerprint density at radius 2 is 2.06 bits per heavy atom. The van der Waals surface area contributed by atoms with E-state index < -0.39 is 0 Å². The third-order valence-electron chi connectivity index (χ3n) is 2.28. The van der Waals surface area contributed by atoms with Crippen molar-refractivity contribution in [2.45, 2.75) is 0 Å². The van der Waals surface area contributed by atoms with Crippen LogP contribution in [-0.4, -0.2) is 23.2 Å². The SMILES string of the molecule is COc1nn(-c2ccccc2)cc1C=CC=O. The Labute approximate surface area is 99.1 Å². The van der Waals surface area contributed by atoms with Crippen molar-refractivity contribution in [2.24, 2.45) is 0 Å². The minimum absolute atomic E-state index is 0.493. The molecule has 0 saturated heterocycles. The number of aldehydes is 1. The second-order valence-electron chi connectivity index (χ2n) is 3.37. The number of rotatable bonds is 4. The Balaban J connectivity index is 2.41. The molecule has 4 heteroatoms. The van der Waals surface area contributed by atoms with Gasteiger partial charge < -0.3 is 4.74 Å². The van der Waals surface area contributed by atoms with Crippen LogP contribution in [0.2, 0.25) is 0 Å². The van der Waals surface area contributed by atoms with Crippen LogP contribution in [0.3, 0.4) is 0 Å². The topological polar surface area (TPSA) is 44.1 Å². The fourth-order valence-corrected chi connectivity index (χ4v) is 1.50. The van der Waals surface area contributed by atoms with E-state index in [9.17, 15) is 4.79 Å². The molecule has 4 nitrogen and oxygen atoms in total. The highest BCUT2D eigenvalue weighted by molar-refractivity contribution is 5.74. The largest absolute Gasteiger partial charge is 0.480 e. The molecule has 2 aromatic rings. The van der Waals surface area contributed by atoms with Crippen LogP contribution < -0.4 is 4.74 Å². The molecule has 0 aliphatic heterocycles. The van der Waals surface area contributed by atoms with Crippen molar-refractivity contribution in [1.29, 1.82) is 0 Å². The van der Waals surface area contributed by atoms with Crippen molar-refractivity contribution in [3.63, 3.8) is 0 Å². The molecule has 0 aliphatic carbocycles. The summed E-state index contributed by atoms with van der Waals surface area (Å²) in [5, 5.41) is 4.28. The second kappa shape index (κ2) is 5.12. The van der Waals surface area contributed by atoms with E-state index >= 15 is 0 Å². The summed E-state index contributed by atoms with van der Waals surface area (Å²) in [5.41, 5.74) is 1.71. The quantitative estimate of drug-likeness (QED) is 0.594. The van der Waals surface area contributed by atoms with Crippen LogP contribution in [0.4, 0.5) is 0 Å². The number of hydrogen-bond donors (Lipinski definition) is 0. The maximum atomic E-state index is 10.3. The average Bonchev–Trinajstić information content (AvgIpc) is 2.80. The van der Waals surface area contributed by atoms with Crippen LogP contribution >= 0.6 is 0 Å². The van der Waals surface area contributed by atoms with Gasteiger partial charge in [-0.2, -0.15) is 0 Å². The third-order valence-corrected chi connectivity index (χ3v) is 2.28. The van der Waals surface area contributed by atoms with Crippen molar-refractivity contribution in [3.8, 4) is 11.6 Å². The first-order valence-electron chi connectivity index (χ1n) is 5.16. The van der Waals surface area contributed by atoms with E-state index in [4.69, 9.17) is 4.74 Å². The number of benzene rings is 1. The molecule has 17 heavy (non-hydrogen) atoms. The van der Waals surface area contributed by atoms with Crippen LogP contribution in [0.5, 0.6) is 5.88 Å². The van der Waals surface area contributed by atoms with E-state index in [0.717, 1.165) is 17.5 Å². The number of methoxy groups -OCH3 is 1. The zero-order chi connectivity index (χ0) is 12.1. The second-order valence-corrected chi connectivity index (χ2v) is 3.37. The van der Waals surface area contributed by atoms with Gasteiger partial charge in [0.25, 0.3) is 0 Å². The van der Waals surface area contributed by atoms with Gasteiger partial charge in [-0.05, 0) is 24.3 Å². The molecule has 0 bridgehead atoms. The normalized spacial score (nSPS) is 10.6. The fourth-order valence-electron chi connectivity index (χ4n) is 1.50. The highest BCUT2D eigenvalue weighted by Crippen LogP contribution is 2.19. The number of carbonyl (C=O) groups excluding carboxylic acids is 1. The predicted molar refractivity (Wildman–Crippen MR) is 65.2 cm³/mol. The summed E-state index contributed by atoms with van der Waals surface area (Å²) >= 11 is 0. The number of aromatic nitrogens is 2. The first-order chi connectivity index (χ1) is 8.35. The minimum atomic E-state index is 0.493. The Morgan fingerprint density at radius 1 is 1.29 bits per heavy atom. The summed E-state index contributed by atoms with van der Waals surface area (Å²) in [6.45, 7) is 0. The molecule has 0 saturated carbocycles. The molecule has 0 aliphatic rings. The highest BCUT2D eigenvalue weighted by Gasteiger charge is 2.07. The lowest BCUT2D eigenvalue weighted by molar-refractivity contribution is -0.104. The van der Waals surface area contributed by atoms with Gasteiger partial charge in [0.15, 0.2) is 0 Å². The summed E-state index contributed by atoms with van der Waals surface area (Å²) in [4.78, 5) is 10.3. The van der Waals surface area contributed by atoms with Crippen LogP contribution in [-0.2, 0) is 4.79 Å². The molecule has 1 heterocycles. The van der Waals surface area contributed by atoms with E-state index in [1.54, 1.807) is 17.9 Å². The number of para-hydroxylation sites is 1. The van der Waals surface area contributed by atoms with Crippen molar-refractivity contribution >= 4 is 12.4 Å². The monoisotopic (exact) mass is 228 g/mol. The number of carbonyl (C=O) groups is 1. The van der Waals surface area contributed by atoms with E-state index in [1.807, 2.05) is 36.5 Å². The Kier molecular flexibility index (Phi) is 3.35. The van der Waals surface area contributed by atoms with E-state index in [1.165, 1.54) is 6.08 Å². The predicted octanol–water partition coefficient (Wildman–Crippen LogP) is 2.09. The Hall–Kier alpha value is -2.36. The van der Waals surface area contributed by atoms with Crippen molar-refractivity contribution in [1.82, 2.24) is 9.78 Å². The molecular weight excluding hydrogens is 216 g/mol. The van der Waals surface area contributed by atoms with Gasteiger partial charge in [-0.25, -0.2) is 4.68 Å². The molecule has 1 aromatic carbocycles. The van der Waals surface area contributed by atoms with Crippen LogP contribution in [0.25, 0.3) is 11.8 Å². The van der Waals surface area contributed by atoms with Crippen molar-refractivity contribution < 1.29 is 9.53 Å². The van der Waals surface area contributed by atoms with Gasteiger partial charge in [0.05, 0.1) is 18.4 Å². The summed E-state index contributed by atoms with van der Waals surface area (Å²) < 4.78 is 6.86. The summed E-state index contributed by atoms with van der Waals surface area (Å²) in [6, 6.07) is 9.70. The number of hydrogen-bond acceptors (Lipinski definition) is 3. The molecule has 0 fully saturated rings. The van der Waals surface area contributed by atoms with E-state index in [2.05, 4.69) is 5.10 Å². The Morgan fingerprint density at radius 3 is 2.71 bits per heavy atom. The maximum absolute atomic E-state index is 10.3. The first kappa shape index (κ1) is 11.1. The fraction of sp³-hybridized carbons (Fsp3) is 0.0769. The lowest BCUT2D eigenvalue weighted by Gasteiger charge is -1.98. The van der Waals surface area contributed by atoms with Crippen LogP contribution in [0.15, 0.2) is 42.6 Å². The average molecular weight is 228 g/mol. The summed E-state index contributed by atoms with van der Waals surface area (Å²) in [5.74, 6) is 0.493. The minimum Gasteiger partial charge on any atom is -0.480 e. The van der Waals surface area contributed by atoms with Gasteiger partial charge in [-0.15, -0.1) is 5.10 Å². The number of ether oxygens (including phenoxy) is 1. The lowest BCUT2D eigenvalue weighted by atomic mass is 10.3. The summed E-state index contributed by atoms with van der Waals surface area (Å²) in [7, 11) is 1.55. The lowest BCUT2D eigenvalue weighted by Crippen LogP contribution is -1.94. The highest BCUT2D eigenvalue weighted by atomic mass is 16.5. The molecule has 1 aromatic heterocycles. The number of allylic oxidation sites excluding steroid dienone is 1. The van der Waals surface area contributed by atoms with E-state index in [-0.39, 0.29) is 0 Å². The molecule has 0 amide bonds. The van der Waals surface area contributed by atoms with Crippen LogP contribution in [0, 0.1) is 0 Å². The zero-order valence-corrected chi connectivity index (χ0v) is 9.41. The van der Waals surface area contributed by atoms with Gasteiger partial charge in [0.1, 0.15) is 6.29 Å². The molecule has 0 atom stereocenters. The summed E-state index contributed by atoms with van der Waals surface area (Å²) in [6.07, 6.45) is 5.61. The molecule has 0 unspecified atom stereocenters. The molecular formula is C13H12N2O2. The first-order valence-corrected chi connectivity index (χ1v) is 5.16. The van der Waals surface area contributed by atoms with Gasteiger partial charge in [-0.1, -0.05) is 18.2 Å². The molecule has 0 N–H and O–H groups in total. The van der Waals surface area contributed by atoms with Crippen molar-refractivity contribution in [3.05, 3.63) is 48.2 Å². The van der Waals surface area contributed by atoms with Gasteiger partial charge >= 0.3 is 0 Å². The number of nitrogens with zero attached hydrogens (tertiary/aromatic N) is 2. The van der Waals surface area contributed by atoms with Gasteiger partial charge in [0, 0.05) is 6.20 Å². The zero-order valence-electron chi connectivity index (χ0n) is 9.41. The molecule has 0 radical (unpaired) electrons. The van der Waals surface area contributed by atoms with Gasteiger partial charge in [0.2, 0.25) is 5.88 Å². The van der Waals surface area contributed by atoms with E-state index in [0.29, 0.717) is 5.88 Å². The maximum Gasteiger partial charge on any atom is 0.240 e. The standard InChI is InChI=1S/C13H12N2O2/c1-17-13-11(6-5-9-16)10-15(14-13)12-7-3-2-4-8-12/h2-10H,1H3. The molecule has 0 spiro atoms. The van der Waals surface area contributed by atoms with Crippen molar-refractivity contribution in [2.75, 3.05) is 7.11 Å². The Bertz CT molecular complexity index is 530. The van der Waals surface area contributed by atoms with Crippen LogP contribution in [0.1, 0.15) is 5.56 Å². The van der Waals surface area contributed by atoms with Gasteiger partial charge in [-0.3, -0.25) is 4.79 Å².